The van der Waals surface area contributed by atoms with E-state index in [1.54, 1.807) is 54.7 Å². The van der Waals surface area contributed by atoms with Crippen LogP contribution in [0.4, 0.5) is 11.4 Å². The van der Waals surface area contributed by atoms with Gasteiger partial charge in [-0.3, -0.25) is 14.9 Å². The zero-order valence-electron chi connectivity index (χ0n) is 15.3. The van der Waals surface area contributed by atoms with E-state index in [1.807, 2.05) is 13.0 Å². The number of benzene rings is 2. The van der Waals surface area contributed by atoms with Crippen molar-refractivity contribution >= 4 is 17.2 Å². The zero-order chi connectivity index (χ0) is 19.9. The Kier molecular flexibility index (Phi) is 5.96. The molecule has 7 nitrogen and oxygen atoms in total. The van der Waals surface area contributed by atoms with Gasteiger partial charge in [0.15, 0.2) is 5.78 Å². The quantitative estimate of drug-likeness (QED) is 0.359. The van der Waals surface area contributed by atoms with Crippen LogP contribution in [0, 0.1) is 10.1 Å². The van der Waals surface area contributed by atoms with Crippen molar-refractivity contribution in [2.24, 2.45) is 0 Å². The van der Waals surface area contributed by atoms with Gasteiger partial charge in [-0.25, -0.2) is 4.98 Å². The first kappa shape index (κ1) is 19.0. The number of anilines is 1. The van der Waals surface area contributed by atoms with Crippen LogP contribution >= 0.6 is 0 Å². The van der Waals surface area contributed by atoms with Crippen LogP contribution in [0.3, 0.4) is 0 Å². The molecule has 3 rings (SSSR count). The second kappa shape index (κ2) is 8.77. The lowest BCUT2D eigenvalue weighted by atomic mass is 10.0. The summed E-state index contributed by atoms with van der Waals surface area (Å²) in [5, 5.41) is 14.6. The highest BCUT2D eigenvalue weighted by atomic mass is 16.6. The number of nitro groups is 1. The van der Waals surface area contributed by atoms with Crippen LogP contribution in [0.1, 0.15) is 28.4 Å². The number of ketones is 1. The van der Waals surface area contributed by atoms with E-state index in [4.69, 9.17) is 4.74 Å². The summed E-state index contributed by atoms with van der Waals surface area (Å²) >= 11 is 0. The van der Waals surface area contributed by atoms with Gasteiger partial charge >= 0.3 is 0 Å². The smallest absolute Gasteiger partial charge is 0.293 e. The maximum atomic E-state index is 12.6. The first-order chi connectivity index (χ1) is 13.6. The van der Waals surface area contributed by atoms with Crippen molar-refractivity contribution in [3.63, 3.8) is 0 Å². The van der Waals surface area contributed by atoms with Crippen molar-refractivity contribution in [1.82, 2.24) is 4.98 Å². The molecule has 3 aromatic rings. The summed E-state index contributed by atoms with van der Waals surface area (Å²) in [5.41, 5.74) is 1.68. The van der Waals surface area contributed by atoms with Crippen molar-refractivity contribution in [3.05, 3.63) is 93.7 Å². The predicted octanol–water partition coefficient (Wildman–Crippen LogP) is 4.23. The Morgan fingerprint density at radius 1 is 1.11 bits per heavy atom. The van der Waals surface area contributed by atoms with Gasteiger partial charge in [-0.1, -0.05) is 36.4 Å². The lowest BCUT2D eigenvalue weighted by Crippen LogP contribution is -2.07. The molecular weight excluding hydrogens is 358 g/mol. The van der Waals surface area contributed by atoms with Crippen molar-refractivity contribution in [2.75, 3.05) is 11.9 Å². The average Bonchev–Trinajstić information content (AvgIpc) is 2.73. The molecule has 1 N–H and O–H groups in total. The Morgan fingerprint density at radius 2 is 1.89 bits per heavy atom. The van der Waals surface area contributed by atoms with Crippen molar-refractivity contribution in [2.45, 2.75) is 13.5 Å². The maximum absolute atomic E-state index is 12.6. The molecule has 1 aromatic heterocycles. The minimum Gasteiger partial charge on any atom is -0.478 e. The van der Waals surface area contributed by atoms with Gasteiger partial charge in [0.05, 0.1) is 11.5 Å². The topological polar surface area (TPSA) is 94.4 Å². The number of aromatic nitrogens is 1. The molecule has 0 amide bonds. The van der Waals surface area contributed by atoms with Crippen LogP contribution in [0.5, 0.6) is 5.88 Å². The van der Waals surface area contributed by atoms with E-state index in [2.05, 4.69) is 10.3 Å². The lowest BCUT2D eigenvalue weighted by molar-refractivity contribution is -0.384. The highest BCUT2D eigenvalue weighted by molar-refractivity contribution is 6.09. The second-order valence-electron chi connectivity index (χ2n) is 5.94. The molecule has 0 atom stereocenters. The fraction of sp³-hybridized carbons (Fsp3) is 0.143. The van der Waals surface area contributed by atoms with Crippen molar-refractivity contribution in [3.8, 4) is 5.88 Å². The number of hydrogen-bond acceptors (Lipinski definition) is 6. The molecule has 1 heterocycles. The van der Waals surface area contributed by atoms with Crippen LogP contribution in [0.25, 0.3) is 0 Å². The number of carbonyl (C=O) groups is 1. The number of pyridine rings is 1. The molecule has 0 aliphatic heterocycles. The van der Waals surface area contributed by atoms with Crippen molar-refractivity contribution in [1.29, 1.82) is 0 Å². The third kappa shape index (κ3) is 4.32. The molecule has 0 aliphatic carbocycles. The number of nitro benzene ring substituents is 1. The fourth-order valence-electron chi connectivity index (χ4n) is 2.75. The highest BCUT2D eigenvalue weighted by Gasteiger charge is 2.19. The van der Waals surface area contributed by atoms with Crippen molar-refractivity contribution < 1.29 is 14.5 Å². The number of carbonyl (C=O) groups excluding carboxylic acids is 1. The van der Waals surface area contributed by atoms with E-state index in [9.17, 15) is 14.9 Å². The van der Waals surface area contributed by atoms with Crippen LogP contribution in [0.2, 0.25) is 0 Å². The van der Waals surface area contributed by atoms with Gasteiger partial charge in [0.2, 0.25) is 5.88 Å². The first-order valence-corrected chi connectivity index (χ1v) is 8.79. The summed E-state index contributed by atoms with van der Waals surface area (Å²) < 4.78 is 5.47. The van der Waals surface area contributed by atoms with Crippen LogP contribution < -0.4 is 10.1 Å². The summed E-state index contributed by atoms with van der Waals surface area (Å²) in [5.74, 6) is 0.220. The summed E-state index contributed by atoms with van der Waals surface area (Å²) in [4.78, 5) is 27.8. The SMILES string of the molecule is CCOc1ncccc1CNc1ccc(C(=O)c2ccccc2)cc1[N+](=O)[O-]. The van der Waals surface area contributed by atoms with E-state index in [1.165, 1.54) is 6.07 Å². The van der Waals surface area contributed by atoms with Gasteiger partial charge in [-0.2, -0.15) is 0 Å². The molecule has 0 spiro atoms. The summed E-state index contributed by atoms with van der Waals surface area (Å²) in [7, 11) is 0. The Morgan fingerprint density at radius 3 is 2.61 bits per heavy atom. The van der Waals surface area contributed by atoms with E-state index < -0.39 is 4.92 Å². The van der Waals surface area contributed by atoms with E-state index in [-0.39, 0.29) is 17.0 Å². The predicted molar refractivity (Wildman–Crippen MR) is 106 cm³/mol. The molecule has 0 bridgehead atoms. The molecule has 0 radical (unpaired) electrons. The summed E-state index contributed by atoms with van der Waals surface area (Å²) in [6, 6.07) is 16.7. The molecule has 0 unspecified atom stereocenters. The Balaban J connectivity index is 1.84. The van der Waals surface area contributed by atoms with Gasteiger partial charge in [0, 0.05) is 35.5 Å². The number of nitrogens with one attached hydrogen (secondary N) is 1. The maximum Gasteiger partial charge on any atom is 0.293 e. The number of rotatable bonds is 8. The van der Waals surface area contributed by atoms with E-state index in [0.29, 0.717) is 30.3 Å². The zero-order valence-corrected chi connectivity index (χ0v) is 15.3. The Hall–Kier alpha value is -3.74. The second-order valence-corrected chi connectivity index (χ2v) is 5.94. The van der Waals surface area contributed by atoms with E-state index in [0.717, 1.165) is 5.56 Å². The largest absolute Gasteiger partial charge is 0.478 e. The standard InChI is InChI=1S/C21H19N3O4/c1-2-28-21-17(9-6-12-22-21)14-23-18-11-10-16(13-19(18)24(26)27)20(25)15-7-4-3-5-8-15/h3-13,23H,2,14H2,1H3. The Labute approximate surface area is 162 Å². The summed E-state index contributed by atoms with van der Waals surface area (Å²) in [6.45, 7) is 2.63. The lowest BCUT2D eigenvalue weighted by Gasteiger charge is -2.11. The molecule has 0 saturated carbocycles. The number of hydrogen-bond donors (Lipinski definition) is 1. The molecule has 0 aliphatic rings. The molecule has 28 heavy (non-hydrogen) atoms. The molecular formula is C21H19N3O4. The molecule has 7 heteroatoms. The molecule has 0 fully saturated rings. The molecule has 142 valence electrons. The number of nitrogens with zero attached hydrogens (tertiary/aromatic N) is 2. The normalized spacial score (nSPS) is 10.3. The van der Waals surface area contributed by atoms with Gasteiger partial charge in [0.25, 0.3) is 5.69 Å². The van der Waals surface area contributed by atoms with Gasteiger partial charge in [-0.15, -0.1) is 0 Å². The third-order valence-electron chi connectivity index (χ3n) is 4.09. The summed E-state index contributed by atoms with van der Waals surface area (Å²) in [6.07, 6.45) is 1.63. The first-order valence-electron chi connectivity index (χ1n) is 8.79. The highest BCUT2D eigenvalue weighted by Crippen LogP contribution is 2.28. The fourth-order valence-corrected chi connectivity index (χ4v) is 2.75. The van der Waals surface area contributed by atoms with Crippen LogP contribution in [0.15, 0.2) is 66.9 Å². The van der Waals surface area contributed by atoms with Crippen LogP contribution in [-0.2, 0) is 6.54 Å². The third-order valence-corrected chi connectivity index (χ3v) is 4.09. The van der Waals surface area contributed by atoms with E-state index >= 15 is 0 Å². The minimum absolute atomic E-state index is 0.163. The number of ether oxygens (including phenoxy) is 1. The van der Waals surface area contributed by atoms with Gasteiger partial charge < -0.3 is 10.1 Å². The van der Waals surface area contributed by atoms with Gasteiger partial charge in [-0.05, 0) is 25.1 Å². The minimum atomic E-state index is -0.503. The molecule has 2 aromatic carbocycles. The molecule has 0 saturated heterocycles. The average molecular weight is 377 g/mol. The Bertz CT molecular complexity index is 990. The monoisotopic (exact) mass is 377 g/mol. The van der Waals surface area contributed by atoms with Gasteiger partial charge in [0.1, 0.15) is 5.69 Å². The van der Waals surface area contributed by atoms with Crippen LogP contribution in [-0.4, -0.2) is 22.3 Å².